The first-order valence-corrected chi connectivity index (χ1v) is 6.85. The molecule has 0 N–H and O–H groups in total. The summed E-state index contributed by atoms with van der Waals surface area (Å²) in [7, 11) is 1.64. The lowest BCUT2D eigenvalue weighted by Crippen LogP contribution is -2.14. The van der Waals surface area contributed by atoms with Crippen molar-refractivity contribution in [3.05, 3.63) is 0 Å². The highest BCUT2D eigenvalue weighted by Gasteiger charge is 1.93. The number of methoxy groups -OCH3 is 1. The largest absolute Gasteiger partial charge is 0.382 e. The SMILES string of the molecule is COCCOCCOCCOCCOCCOCCF. The first-order chi connectivity index (χ1) is 9.91. The molecule has 0 spiro atoms. The molecule has 0 radical (unpaired) electrons. The van der Waals surface area contributed by atoms with Crippen molar-refractivity contribution in [3.63, 3.8) is 0 Å². The van der Waals surface area contributed by atoms with Gasteiger partial charge in [0.25, 0.3) is 0 Å². The van der Waals surface area contributed by atoms with Gasteiger partial charge in [-0.05, 0) is 0 Å². The Bertz CT molecular complexity index is 155. The molecule has 0 unspecified atom stereocenters. The Balaban J connectivity index is 2.89. The minimum Gasteiger partial charge on any atom is -0.382 e. The Morgan fingerprint density at radius 3 is 1.10 bits per heavy atom. The Labute approximate surface area is 120 Å². The summed E-state index contributed by atoms with van der Waals surface area (Å²) in [6, 6.07) is 0. The van der Waals surface area contributed by atoms with Crippen LogP contribution in [-0.2, 0) is 28.4 Å². The van der Waals surface area contributed by atoms with E-state index in [0.717, 1.165) is 0 Å². The standard InChI is InChI=1S/C13H27FO6/c1-15-4-5-17-8-9-19-12-13-20-11-10-18-7-6-16-3-2-14/h2-13H2,1H3. The van der Waals surface area contributed by atoms with E-state index in [1.54, 1.807) is 7.11 Å². The van der Waals surface area contributed by atoms with Gasteiger partial charge in [-0.15, -0.1) is 0 Å². The van der Waals surface area contributed by atoms with Crippen molar-refractivity contribution in [1.29, 1.82) is 0 Å². The Kier molecular flexibility index (Phi) is 18.4. The molecule has 122 valence electrons. The van der Waals surface area contributed by atoms with Crippen molar-refractivity contribution in [2.75, 3.05) is 86.5 Å². The third kappa shape index (κ3) is 17.7. The van der Waals surface area contributed by atoms with E-state index < -0.39 is 6.67 Å². The molecule has 0 saturated carbocycles. The van der Waals surface area contributed by atoms with E-state index in [4.69, 9.17) is 28.4 Å². The van der Waals surface area contributed by atoms with Crippen molar-refractivity contribution >= 4 is 0 Å². The number of hydrogen-bond acceptors (Lipinski definition) is 6. The van der Waals surface area contributed by atoms with Gasteiger partial charge in [0.05, 0.1) is 72.7 Å². The van der Waals surface area contributed by atoms with Gasteiger partial charge in [0.1, 0.15) is 6.67 Å². The minimum atomic E-state index is -0.458. The van der Waals surface area contributed by atoms with Gasteiger partial charge in [0.15, 0.2) is 0 Å². The predicted molar refractivity (Wildman–Crippen MR) is 71.9 cm³/mol. The van der Waals surface area contributed by atoms with Crippen LogP contribution >= 0.6 is 0 Å². The van der Waals surface area contributed by atoms with Crippen LogP contribution in [0.2, 0.25) is 0 Å². The number of alkyl halides is 1. The summed E-state index contributed by atoms with van der Waals surface area (Å²) in [5.41, 5.74) is 0. The van der Waals surface area contributed by atoms with Gasteiger partial charge in [0, 0.05) is 7.11 Å². The summed E-state index contributed by atoms with van der Waals surface area (Å²) in [4.78, 5) is 0. The number of rotatable bonds is 17. The summed E-state index contributed by atoms with van der Waals surface area (Å²) in [6.07, 6.45) is 0. The van der Waals surface area contributed by atoms with E-state index in [1.165, 1.54) is 0 Å². The smallest absolute Gasteiger partial charge is 0.113 e. The second kappa shape index (κ2) is 18.7. The molecule has 0 aromatic carbocycles. The molecular weight excluding hydrogens is 271 g/mol. The quantitative estimate of drug-likeness (QED) is 0.368. The van der Waals surface area contributed by atoms with Crippen LogP contribution in [0.15, 0.2) is 0 Å². The van der Waals surface area contributed by atoms with Crippen LogP contribution in [0.25, 0.3) is 0 Å². The lowest BCUT2D eigenvalue weighted by Gasteiger charge is -2.07. The van der Waals surface area contributed by atoms with Crippen LogP contribution < -0.4 is 0 Å². The second-order valence-electron chi connectivity index (χ2n) is 3.74. The molecule has 0 atom stereocenters. The van der Waals surface area contributed by atoms with Gasteiger partial charge < -0.3 is 28.4 Å². The van der Waals surface area contributed by atoms with E-state index in [-0.39, 0.29) is 6.61 Å². The lowest BCUT2D eigenvalue weighted by atomic mass is 10.7. The molecule has 0 saturated heterocycles. The Hall–Kier alpha value is -0.310. The zero-order valence-corrected chi connectivity index (χ0v) is 12.3. The zero-order chi connectivity index (χ0) is 14.7. The molecular formula is C13H27FO6. The van der Waals surface area contributed by atoms with E-state index in [2.05, 4.69) is 0 Å². The van der Waals surface area contributed by atoms with Gasteiger partial charge in [-0.25, -0.2) is 4.39 Å². The topological polar surface area (TPSA) is 55.4 Å². The second-order valence-corrected chi connectivity index (χ2v) is 3.74. The zero-order valence-electron chi connectivity index (χ0n) is 12.3. The van der Waals surface area contributed by atoms with E-state index in [9.17, 15) is 4.39 Å². The summed E-state index contributed by atoms with van der Waals surface area (Å²) in [5.74, 6) is 0. The maximum absolute atomic E-state index is 11.7. The van der Waals surface area contributed by atoms with Gasteiger partial charge >= 0.3 is 0 Å². The van der Waals surface area contributed by atoms with Crippen molar-refractivity contribution in [1.82, 2.24) is 0 Å². The summed E-state index contributed by atoms with van der Waals surface area (Å²) < 4.78 is 42.5. The third-order valence-electron chi connectivity index (χ3n) is 2.14. The maximum atomic E-state index is 11.7. The third-order valence-corrected chi connectivity index (χ3v) is 2.14. The van der Waals surface area contributed by atoms with Crippen LogP contribution in [-0.4, -0.2) is 86.5 Å². The average molecular weight is 298 g/mol. The minimum absolute atomic E-state index is 0.131. The molecule has 6 nitrogen and oxygen atoms in total. The molecule has 0 heterocycles. The fourth-order valence-corrected chi connectivity index (χ4v) is 1.18. The van der Waals surface area contributed by atoms with E-state index in [1.807, 2.05) is 0 Å². The Morgan fingerprint density at radius 1 is 0.500 bits per heavy atom. The number of halogens is 1. The van der Waals surface area contributed by atoms with Crippen molar-refractivity contribution < 1.29 is 32.8 Å². The lowest BCUT2D eigenvalue weighted by molar-refractivity contribution is -0.0151. The molecule has 0 fully saturated rings. The normalized spacial score (nSPS) is 11.1. The van der Waals surface area contributed by atoms with E-state index >= 15 is 0 Å². The van der Waals surface area contributed by atoms with Gasteiger partial charge in [-0.3, -0.25) is 0 Å². The number of hydrogen-bond donors (Lipinski definition) is 0. The van der Waals surface area contributed by atoms with Gasteiger partial charge in [-0.2, -0.15) is 0 Å². The first kappa shape index (κ1) is 19.7. The van der Waals surface area contributed by atoms with Crippen LogP contribution in [0.1, 0.15) is 0 Å². The van der Waals surface area contributed by atoms with Crippen molar-refractivity contribution in [2.24, 2.45) is 0 Å². The molecule has 0 rings (SSSR count). The van der Waals surface area contributed by atoms with E-state index in [0.29, 0.717) is 66.1 Å². The molecule has 7 heteroatoms. The van der Waals surface area contributed by atoms with Crippen LogP contribution in [0.3, 0.4) is 0 Å². The maximum Gasteiger partial charge on any atom is 0.113 e. The van der Waals surface area contributed by atoms with Crippen LogP contribution in [0, 0.1) is 0 Å². The summed E-state index contributed by atoms with van der Waals surface area (Å²) >= 11 is 0. The molecule has 20 heavy (non-hydrogen) atoms. The van der Waals surface area contributed by atoms with Gasteiger partial charge in [-0.1, -0.05) is 0 Å². The van der Waals surface area contributed by atoms with Crippen LogP contribution in [0.5, 0.6) is 0 Å². The average Bonchev–Trinajstić information content (AvgIpc) is 2.47. The Morgan fingerprint density at radius 2 is 0.800 bits per heavy atom. The summed E-state index contributed by atoms with van der Waals surface area (Å²) in [6.45, 7) is 4.91. The summed E-state index contributed by atoms with van der Waals surface area (Å²) in [5, 5.41) is 0. The number of ether oxygens (including phenoxy) is 6. The highest BCUT2D eigenvalue weighted by molar-refractivity contribution is 4.36. The molecule has 0 aliphatic carbocycles. The van der Waals surface area contributed by atoms with Crippen molar-refractivity contribution in [3.8, 4) is 0 Å². The molecule has 0 amide bonds. The highest BCUT2D eigenvalue weighted by Crippen LogP contribution is 1.84. The van der Waals surface area contributed by atoms with Crippen LogP contribution in [0.4, 0.5) is 4.39 Å². The van der Waals surface area contributed by atoms with Gasteiger partial charge in [0.2, 0.25) is 0 Å². The molecule has 0 bridgehead atoms. The van der Waals surface area contributed by atoms with Crippen molar-refractivity contribution in [2.45, 2.75) is 0 Å². The molecule has 0 aromatic rings. The predicted octanol–water partition coefficient (Wildman–Crippen LogP) is 0.685. The molecule has 0 aliphatic heterocycles. The molecule has 0 aliphatic rings. The molecule has 0 aromatic heterocycles. The fourth-order valence-electron chi connectivity index (χ4n) is 1.18. The fraction of sp³-hybridized carbons (Fsp3) is 1.00. The first-order valence-electron chi connectivity index (χ1n) is 6.85. The highest BCUT2D eigenvalue weighted by atomic mass is 19.1. The monoisotopic (exact) mass is 298 g/mol.